The Morgan fingerprint density at radius 3 is 2.24 bits per heavy atom. The second-order valence-electron chi connectivity index (χ2n) is 9.75. The van der Waals surface area contributed by atoms with Crippen LogP contribution in [0.15, 0.2) is 72.3 Å². The molecule has 0 aromatic heterocycles. The standard InChI is InChI=1S/C31H32N2O5/c1-5-32(6-2)23-12-9-21(10-13-23)28-27(29(34)22-11-16-25-26(17-22)38-18-37-25)30(35)31(36)33(28)24-14-7-20(8-15-24)19(3)4/h7-17,19,28,34H,5-6,18H2,1-4H3/b29-27-. The fourth-order valence-electron chi connectivity index (χ4n) is 5.09. The minimum Gasteiger partial charge on any atom is -0.507 e. The number of ketones is 1. The number of benzene rings is 3. The molecule has 1 atom stereocenters. The van der Waals surface area contributed by atoms with E-state index >= 15 is 0 Å². The molecule has 0 bridgehead atoms. The highest BCUT2D eigenvalue weighted by Crippen LogP contribution is 2.44. The number of carbonyl (C=O) groups is 2. The van der Waals surface area contributed by atoms with Gasteiger partial charge in [0, 0.05) is 30.0 Å². The average Bonchev–Trinajstić information content (AvgIpc) is 3.51. The van der Waals surface area contributed by atoms with E-state index in [1.807, 2.05) is 48.5 Å². The predicted octanol–water partition coefficient (Wildman–Crippen LogP) is 6.01. The first-order valence-corrected chi connectivity index (χ1v) is 13.0. The van der Waals surface area contributed by atoms with E-state index in [2.05, 4.69) is 32.6 Å². The molecule has 7 heteroatoms. The number of hydrogen-bond acceptors (Lipinski definition) is 6. The number of ether oxygens (including phenoxy) is 2. The van der Waals surface area contributed by atoms with E-state index in [0.29, 0.717) is 28.7 Å². The third kappa shape index (κ3) is 4.38. The molecule has 7 nitrogen and oxygen atoms in total. The van der Waals surface area contributed by atoms with Crippen molar-refractivity contribution in [3.63, 3.8) is 0 Å². The Hall–Kier alpha value is -4.26. The van der Waals surface area contributed by atoms with Crippen molar-refractivity contribution in [1.82, 2.24) is 0 Å². The molecule has 0 radical (unpaired) electrons. The van der Waals surface area contributed by atoms with E-state index in [9.17, 15) is 14.7 Å². The highest BCUT2D eigenvalue weighted by atomic mass is 16.7. The fraction of sp³-hybridized carbons (Fsp3) is 0.290. The van der Waals surface area contributed by atoms with Gasteiger partial charge in [-0.1, -0.05) is 38.1 Å². The summed E-state index contributed by atoms with van der Waals surface area (Å²) in [5.74, 6) is -0.286. The van der Waals surface area contributed by atoms with Crippen LogP contribution in [-0.4, -0.2) is 36.7 Å². The number of carbonyl (C=O) groups excluding carboxylic acids is 2. The Morgan fingerprint density at radius 2 is 1.61 bits per heavy atom. The number of rotatable bonds is 7. The van der Waals surface area contributed by atoms with Crippen LogP contribution in [-0.2, 0) is 9.59 Å². The Kier molecular flexibility index (Phi) is 6.85. The minimum atomic E-state index is -0.795. The number of aliphatic hydroxyl groups is 1. The molecule has 0 saturated carbocycles. The van der Waals surface area contributed by atoms with E-state index < -0.39 is 17.7 Å². The molecule has 1 N–H and O–H groups in total. The van der Waals surface area contributed by atoms with Gasteiger partial charge in [0.15, 0.2) is 11.5 Å². The molecule has 196 valence electrons. The fourth-order valence-corrected chi connectivity index (χ4v) is 5.09. The summed E-state index contributed by atoms with van der Waals surface area (Å²) in [4.78, 5) is 30.7. The number of hydrogen-bond donors (Lipinski definition) is 1. The van der Waals surface area contributed by atoms with E-state index in [1.165, 1.54) is 4.90 Å². The van der Waals surface area contributed by atoms with Crippen molar-refractivity contribution < 1.29 is 24.2 Å². The molecule has 1 amide bonds. The number of nitrogens with zero attached hydrogens (tertiary/aromatic N) is 2. The number of anilines is 2. The molecule has 1 unspecified atom stereocenters. The van der Waals surface area contributed by atoms with Gasteiger partial charge in [0.25, 0.3) is 11.7 Å². The number of aliphatic hydroxyl groups excluding tert-OH is 1. The van der Waals surface area contributed by atoms with Gasteiger partial charge in [0.05, 0.1) is 11.6 Å². The van der Waals surface area contributed by atoms with E-state index in [4.69, 9.17) is 9.47 Å². The van der Waals surface area contributed by atoms with Gasteiger partial charge >= 0.3 is 0 Å². The summed E-state index contributed by atoms with van der Waals surface area (Å²) in [6.45, 7) is 10.2. The van der Waals surface area contributed by atoms with Crippen molar-refractivity contribution in [2.75, 3.05) is 29.7 Å². The molecule has 5 rings (SSSR count). The topological polar surface area (TPSA) is 79.3 Å². The lowest BCUT2D eigenvalue weighted by atomic mass is 9.94. The van der Waals surface area contributed by atoms with Crippen LogP contribution in [0.1, 0.15) is 56.3 Å². The third-order valence-corrected chi connectivity index (χ3v) is 7.27. The summed E-state index contributed by atoms with van der Waals surface area (Å²) >= 11 is 0. The smallest absolute Gasteiger partial charge is 0.300 e. The molecule has 2 aliphatic rings. The van der Waals surface area contributed by atoms with Crippen molar-refractivity contribution in [3.8, 4) is 11.5 Å². The zero-order chi connectivity index (χ0) is 27.0. The van der Waals surface area contributed by atoms with Crippen LogP contribution >= 0.6 is 0 Å². The van der Waals surface area contributed by atoms with Crippen LogP contribution in [0.2, 0.25) is 0 Å². The Balaban J connectivity index is 1.65. The molecule has 3 aromatic rings. The largest absolute Gasteiger partial charge is 0.507 e. The Bertz CT molecular complexity index is 1390. The van der Waals surface area contributed by atoms with Gasteiger partial charge in [-0.15, -0.1) is 0 Å². The highest BCUT2D eigenvalue weighted by Gasteiger charge is 2.47. The molecule has 1 saturated heterocycles. The van der Waals surface area contributed by atoms with Gasteiger partial charge in [-0.2, -0.15) is 0 Å². The molecule has 0 aliphatic carbocycles. The highest BCUT2D eigenvalue weighted by molar-refractivity contribution is 6.51. The number of amides is 1. The van der Waals surface area contributed by atoms with Gasteiger partial charge in [0.1, 0.15) is 5.76 Å². The molecule has 0 spiro atoms. The monoisotopic (exact) mass is 512 g/mol. The van der Waals surface area contributed by atoms with Crippen molar-refractivity contribution >= 4 is 28.8 Å². The summed E-state index contributed by atoms with van der Waals surface area (Å²) in [7, 11) is 0. The maximum atomic E-state index is 13.5. The van der Waals surface area contributed by atoms with Gasteiger partial charge in [-0.05, 0) is 73.4 Å². The normalized spacial score (nSPS) is 17.9. The molecule has 3 aromatic carbocycles. The average molecular weight is 513 g/mol. The van der Waals surface area contributed by atoms with Crippen LogP contribution in [0.4, 0.5) is 11.4 Å². The number of fused-ring (bicyclic) bond motifs is 1. The van der Waals surface area contributed by atoms with Crippen LogP contribution in [0.3, 0.4) is 0 Å². The molecular weight excluding hydrogens is 480 g/mol. The van der Waals surface area contributed by atoms with Crippen molar-refractivity contribution in [2.24, 2.45) is 0 Å². The quantitative estimate of drug-likeness (QED) is 0.237. The first kappa shape index (κ1) is 25.4. The van der Waals surface area contributed by atoms with E-state index in [1.54, 1.807) is 18.2 Å². The van der Waals surface area contributed by atoms with E-state index in [0.717, 1.165) is 29.9 Å². The zero-order valence-electron chi connectivity index (χ0n) is 22.1. The van der Waals surface area contributed by atoms with Crippen molar-refractivity contribution in [2.45, 2.75) is 39.7 Å². The third-order valence-electron chi connectivity index (χ3n) is 7.27. The second-order valence-corrected chi connectivity index (χ2v) is 9.75. The second kappa shape index (κ2) is 10.2. The molecule has 2 heterocycles. The van der Waals surface area contributed by atoms with Gasteiger partial charge < -0.3 is 19.5 Å². The lowest BCUT2D eigenvalue weighted by molar-refractivity contribution is -0.132. The summed E-state index contributed by atoms with van der Waals surface area (Å²) in [5.41, 5.74) is 3.93. The van der Waals surface area contributed by atoms with Crippen molar-refractivity contribution in [3.05, 3.63) is 89.0 Å². The first-order chi connectivity index (χ1) is 18.3. The summed E-state index contributed by atoms with van der Waals surface area (Å²) in [6, 6.07) is 19.7. The lowest BCUT2D eigenvalue weighted by Crippen LogP contribution is -2.29. The van der Waals surface area contributed by atoms with Gasteiger partial charge in [-0.25, -0.2) is 0 Å². The minimum absolute atomic E-state index is 0.0393. The first-order valence-electron chi connectivity index (χ1n) is 13.0. The van der Waals surface area contributed by atoms with E-state index in [-0.39, 0.29) is 18.1 Å². The van der Waals surface area contributed by atoms with Crippen LogP contribution in [0.5, 0.6) is 11.5 Å². The van der Waals surface area contributed by atoms with Gasteiger partial charge in [0.2, 0.25) is 6.79 Å². The molecule has 1 fully saturated rings. The van der Waals surface area contributed by atoms with Crippen LogP contribution in [0.25, 0.3) is 5.76 Å². The van der Waals surface area contributed by atoms with Crippen molar-refractivity contribution in [1.29, 1.82) is 0 Å². The lowest BCUT2D eigenvalue weighted by Gasteiger charge is -2.27. The maximum absolute atomic E-state index is 13.5. The SMILES string of the molecule is CCN(CC)c1ccc(C2/C(=C(/O)c3ccc4c(c3)OCO4)C(=O)C(=O)N2c2ccc(C(C)C)cc2)cc1. The zero-order valence-corrected chi connectivity index (χ0v) is 22.1. The maximum Gasteiger partial charge on any atom is 0.300 e. The summed E-state index contributed by atoms with van der Waals surface area (Å²) < 4.78 is 10.9. The number of Topliss-reactive ketones (excluding diaryl/α,β-unsaturated/α-hetero) is 1. The summed E-state index contributed by atoms with van der Waals surface area (Å²) in [5, 5.41) is 11.4. The molecule has 2 aliphatic heterocycles. The molecular formula is C31H32N2O5. The Labute approximate surface area is 222 Å². The van der Waals surface area contributed by atoms with Crippen LogP contribution in [0, 0.1) is 0 Å². The summed E-state index contributed by atoms with van der Waals surface area (Å²) in [6.07, 6.45) is 0. The predicted molar refractivity (Wildman–Crippen MR) is 148 cm³/mol. The van der Waals surface area contributed by atoms with Crippen LogP contribution < -0.4 is 19.3 Å². The molecule has 38 heavy (non-hydrogen) atoms. The van der Waals surface area contributed by atoms with Gasteiger partial charge in [-0.3, -0.25) is 14.5 Å². The Morgan fingerprint density at radius 1 is 0.947 bits per heavy atom.